The molecule has 3 rings (SSSR count). The largest absolute Gasteiger partial charge is 0.366 e. The van der Waals surface area contributed by atoms with Crippen molar-refractivity contribution < 1.29 is 14.1 Å². The molecule has 2 aromatic heterocycles. The number of ether oxygens (including phenoxy) is 1. The van der Waals surface area contributed by atoms with E-state index >= 15 is 0 Å². The van der Waals surface area contributed by atoms with E-state index in [0.717, 1.165) is 0 Å². The zero-order valence-corrected chi connectivity index (χ0v) is 11.5. The SMILES string of the molecule is Cc1nc(C2CN(C(=O)Nc3cccnc3)CCO2)no1. The van der Waals surface area contributed by atoms with Gasteiger partial charge in [-0.05, 0) is 12.1 Å². The van der Waals surface area contributed by atoms with Gasteiger partial charge in [0.1, 0.15) is 6.10 Å². The van der Waals surface area contributed by atoms with Crippen molar-refractivity contribution in [3.05, 3.63) is 36.2 Å². The lowest BCUT2D eigenvalue weighted by atomic mass is 10.2. The number of carbonyl (C=O) groups is 1. The maximum absolute atomic E-state index is 12.2. The van der Waals surface area contributed by atoms with Crippen LogP contribution in [0.1, 0.15) is 17.8 Å². The fourth-order valence-electron chi connectivity index (χ4n) is 2.07. The van der Waals surface area contributed by atoms with Gasteiger partial charge in [-0.15, -0.1) is 0 Å². The second-order valence-electron chi connectivity index (χ2n) is 4.65. The third-order valence-corrected chi connectivity index (χ3v) is 3.10. The summed E-state index contributed by atoms with van der Waals surface area (Å²) in [6, 6.07) is 3.35. The van der Waals surface area contributed by atoms with E-state index in [0.29, 0.717) is 37.1 Å². The quantitative estimate of drug-likeness (QED) is 0.897. The first-order chi connectivity index (χ1) is 10.2. The molecule has 0 aliphatic carbocycles. The molecule has 1 aliphatic heterocycles. The molecule has 1 aliphatic rings. The van der Waals surface area contributed by atoms with Crippen LogP contribution in [0, 0.1) is 6.92 Å². The summed E-state index contributed by atoms with van der Waals surface area (Å²) in [5.41, 5.74) is 0.654. The Kier molecular flexibility index (Phi) is 3.78. The Hall–Kier alpha value is -2.48. The fraction of sp³-hybridized carbons (Fsp3) is 0.385. The van der Waals surface area contributed by atoms with Crippen molar-refractivity contribution in [2.45, 2.75) is 13.0 Å². The van der Waals surface area contributed by atoms with E-state index < -0.39 is 0 Å². The predicted octanol–water partition coefficient (Wildman–Crippen LogP) is 1.38. The summed E-state index contributed by atoms with van der Waals surface area (Å²) < 4.78 is 10.5. The maximum Gasteiger partial charge on any atom is 0.322 e. The zero-order valence-electron chi connectivity index (χ0n) is 11.5. The summed E-state index contributed by atoms with van der Waals surface area (Å²) >= 11 is 0. The number of amides is 2. The summed E-state index contributed by atoms with van der Waals surface area (Å²) in [7, 11) is 0. The van der Waals surface area contributed by atoms with Gasteiger partial charge < -0.3 is 19.5 Å². The van der Waals surface area contributed by atoms with Crippen LogP contribution >= 0.6 is 0 Å². The molecule has 0 aromatic carbocycles. The van der Waals surface area contributed by atoms with Crippen LogP contribution < -0.4 is 5.32 Å². The van der Waals surface area contributed by atoms with Crippen molar-refractivity contribution in [3.63, 3.8) is 0 Å². The minimum Gasteiger partial charge on any atom is -0.366 e. The molecule has 1 unspecified atom stereocenters. The van der Waals surface area contributed by atoms with E-state index in [4.69, 9.17) is 9.26 Å². The highest BCUT2D eigenvalue weighted by atomic mass is 16.5. The smallest absolute Gasteiger partial charge is 0.322 e. The number of nitrogens with zero attached hydrogens (tertiary/aromatic N) is 4. The van der Waals surface area contributed by atoms with E-state index in [1.54, 1.807) is 36.4 Å². The molecule has 1 saturated heterocycles. The van der Waals surface area contributed by atoms with Gasteiger partial charge in [-0.3, -0.25) is 4.98 Å². The summed E-state index contributed by atoms with van der Waals surface area (Å²) in [4.78, 5) is 22.0. The number of pyridine rings is 1. The number of aromatic nitrogens is 3. The van der Waals surface area contributed by atoms with Gasteiger partial charge in [0, 0.05) is 19.7 Å². The molecule has 0 saturated carbocycles. The van der Waals surface area contributed by atoms with Gasteiger partial charge in [-0.1, -0.05) is 5.16 Å². The molecule has 1 fully saturated rings. The summed E-state index contributed by atoms with van der Waals surface area (Å²) in [5, 5.41) is 6.63. The Balaban J connectivity index is 1.64. The number of anilines is 1. The third-order valence-electron chi connectivity index (χ3n) is 3.10. The molecule has 1 N–H and O–H groups in total. The Morgan fingerprint density at radius 3 is 3.14 bits per heavy atom. The first-order valence-electron chi connectivity index (χ1n) is 6.60. The van der Waals surface area contributed by atoms with Gasteiger partial charge in [0.25, 0.3) is 0 Å². The third kappa shape index (κ3) is 3.16. The highest BCUT2D eigenvalue weighted by Crippen LogP contribution is 2.20. The van der Waals surface area contributed by atoms with Crippen LogP contribution in [0.25, 0.3) is 0 Å². The molecule has 2 amide bonds. The van der Waals surface area contributed by atoms with Crippen LogP contribution in [0.2, 0.25) is 0 Å². The number of urea groups is 1. The standard InChI is InChI=1S/C13H15N5O3/c1-9-15-12(17-21-9)11-8-18(5-6-20-11)13(19)16-10-3-2-4-14-7-10/h2-4,7,11H,5-6,8H2,1H3,(H,16,19). The van der Waals surface area contributed by atoms with E-state index in [-0.39, 0.29) is 12.1 Å². The molecule has 21 heavy (non-hydrogen) atoms. The number of aryl methyl sites for hydroxylation is 1. The number of hydrogen-bond acceptors (Lipinski definition) is 6. The number of rotatable bonds is 2. The number of nitrogens with one attached hydrogen (secondary N) is 1. The second-order valence-corrected chi connectivity index (χ2v) is 4.65. The molecule has 110 valence electrons. The minimum absolute atomic E-state index is 0.198. The fourth-order valence-corrected chi connectivity index (χ4v) is 2.07. The minimum atomic E-state index is -0.365. The van der Waals surface area contributed by atoms with E-state index in [1.807, 2.05) is 0 Å². The molecular formula is C13H15N5O3. The van der Waals surface area contributed by atoms with Crippen LogP contribution in [0.3, 0.4) is 0 Å². The normalized spacial score (nSPS) is 18.5. The monoisotopic (exact) mass is 289 g/mol. The van der Waals surface area contributed by atoms with E-state index in [9.17, 15) is 4.79 Å². The molecule has 2 aromatic rings. The predicted molar refractivity (Wildman–Crippen MR) is 72.6 cm³/mol. The van der Waals surface area contributed by atoms with Crippen molar-refractivity contribution in [3.8, 4) is 0 Å². The van der Waals surface area contributed by atoms with Crippen molar-refractivity contribution in [1.29, 1.82) is 0 Å². The van der Waals surface area contributed by atoms with Gasteiger partial charge >= 0.3 is 6.03 Å². The van der Waals surface area contributed by atoms with Crippen LogP contribution in [-0.2, 0) is 4.74 Å². The van der Waals surface area contributed by atoms with Crippen molar-refractivity contribution in [1.82, 2.24) is 20.0 Å². The van der Waals surface area contributed by atoms with Crippen molar-refractivity contribution in [2.24, 2.45) is 0 Å². The van der Waals surface area contributed by atoms with Crippen molar-refractivity contribution >= 4 is 11.7 Å². The molecule has 0 bridgehead atoms. The van der Waals surface area contributed by atoms with Gasteiger partial charge in [0.2, 0.25) is 11.7 Å². The van der Waals surface area contributed by atoms with Crippen LogP contribution in [0.5, 0.6) is 0 Å². The Morgan fingerprint density at radius 2 is 2.43 bits per heavy atom. The Labute approximate surface area is 121 Å². The lowest BCUT2D eigenvalue weighted by molar-refractivity contribution is -0.0190. The van der Waals surface area contributed by atoms with Crippen LogP contribution in [-0.4, -0.2) is 45.8 Å². The molecule has 8 heteroatoms. The average Bonchev–Trinajstić information content (AvgIpc) is 2.95. The Morgan fingerprint density at radius 1 is 1.52 bits per heavy atom. The lowest BCUT2D eigenvalue weighted by Gasteiger charge is -2.31. The molecule has 1 atom stereocenters. The van der Waals surface area contributed by atoms with Crippen molar-refractivity contribution in [2.75, 3.05) is 25.0 Å². The summed E-state index contributed by atoms with van der Waals surface area (Å²) in [6.07, 6.45) is 2.88. The second kappa shape index (κ2) is 5.88. The maximum atomic E-state index is 12.2. The molecule has 0 radical (unpaired) electrons. The summed E-state index contributed by atoms with van der Waals surface area (Å²) in [5.74, 6) is 0.942. The number of hydrogen-bond donors (Lipinski definition) is 1. The molecular weight excluding hydrogens is 274 g/mol. The van der Waals surface area contributed by atoms with Crippen LogP contribution in [0.15, 0.2) is 29.0 Å². The lowest BCUT2D eigenvalue weighted by Crippen LogP contribution is -2.44. The number of morpholine rings is 1. The highest BCUT2D eigenvalue weighted by molar-refractivity contribution is 5.89. The van der Waals surface area contributed by atoms with E-state index in [1.165, 1.54) is 0 Å². The molecule has 0 spiro atoms. The molecule has 3 heterocycles. The number of carbonyl (C=O) groups excluding carboxylic acids is 1. The highest BCUT2D eigenvalue weighted by Gasteiger charge is 2.28. The first kappa shape index (κ1) is 13.5. The van der Waals surface area contributed by atoms with Crippen LogP contribution in [0.4, 0.5) is 10.5 Å². The first-order valence-corrected chi connectivity index (χ1v) is 6.60. The molecule has 8 nitrogen and oxygen atoms in total. The average molecular weight is 289 g/mol. The van der Waals surface area contributed by atoms with Gasteiger partial charge in [0.15, 0.2) is 0 Å². The zero-order chi connectivity index (χ0) is 14.7. The van der Waals surface area contributed by atoms with Gasteiger partial charge in [-0.2, -0.15) is 4.98 Å². The topological polar surface area (TPSA) is 93.4 Å². The summed E-state index contributed by atoms with van der Waals surface area (Å²) in [6.45, 7) is 3.04. The Bertz CT molecular complexity index is 615. The van der Waals surface area contributed by atoms with Gasteiger partial charge in [0.05, 0.1) is 25.0 Å². The van der Waals surface area contributed by atoms with Gasteiger partial charge in [-0.25, -0.2) is 4.79 Å². The van der Waals surface area contributed by atoms with E-state index in [2.05, 4.69) is 20.4 Å².